The molecule has 3 nitrogen and oxygen atoms in total. The summed E-state index contributed by atoms with van der Waals surface area (Å²) in [6.45, 7) is 11.8. The third kappa shape index (κ3) is 5.23. The van der Waals surface area contributed by atoms with E-state index >= 15 is 0 Å². The van der Waals surface area contributed by atoms with Crippen LogP contribution in [0.3, 0.4) is 0 Å². The highest BCUT2D eigenvalue weighted by atomic mass is 16.5. The zero-order valence-corrected chi connectivity index (χ0v) is 15.8. The average molecular weight is 342 g/mol. The van der Waals surface area contributed by atoms with E-state index in [0.717, 1.165) is 48.1 Å². The van der Waals surface area contributed by atoms with Gasteiger partial charge >= 0.3 is 0 Å². The number of hydrogen-bond acceptors (Lipinski definition) is 3. The van der Waals surface area contributed by atoms with Crippen molar-refractivity contribution in [2.45, 2.75) is 65.1 Å². The Labute approximate surface area is 151 Å². The van der Waals surface area contributed by atoms with Crippen molar-refractivity contribution in [3.63, 3.8) is 0 Å². The fourth-order valence-corrected chi connectivity index (χ4v) is 2.99. The van der Waals surface area contributed by atoms with Gasteiger partial charge in [-0.15, -0.1) is 0 Å². The molecule has 1 aliphatic heterocycles. The molecule has 0 saturated carbocycles. The minimum atomic E-state index is -0.419. The highest BCUT2D eigenvalue weighted by Gasteiger charge is 2.28. The summed E-state index contributed by atoms with van der Waals surface area (Å²) < 4.78 is 6.16. The molecule has 1 aromatic carbocycles. The molecule has 0 bridgehead atoms. The minimum Gasteiger partial charge on any atom is -0.507 e. The van der Waals surface area contributed by atoms with Crippen molar-refractivity contribution >= 4 is 6.08 Å². The fraction of sp³-hybridized carbons (Fsp3) is 0.455. The van der Waals surface area contributed by atoms with Crippen molar-refractivity contribution in [2.24, 2.45) is 0 Å². The first-order valence-corrected chi connectivity index (χ1v) is 8.91. The topological polar surface area (TPSA) is 49.7 Å². The Morgan fingerprint density at radius 2 is 2.08 bits per heavy atom. The van der Waals surface area contributed by atoms with Crippen LogP contribution >= 0.6 is 0 Å². The van der Waals surface area contributed by atoms with Gasteiger partial charge in [-0.05, 0) is 83.2 Å². The standard InChI is InChI=1S/C22H30O3/c1-15(2)19(23)9-8-16(3)7-6-11-22(5)12-10-18-20(24)13-17(4)14-21(18)25-22/h7,10,12-14,19,23-24H,1,6,8-9,11H2,2-5H3/b16-7+/t19-,22-/m1/s1. The number of phenols is 1. The van der Waals surface area contributed by atoms with E-state index in [-0.39, 0.29) is 11.4 Å². The lowest BCUT2D eigenvalue weighted by molar-refractivity contribution is 0.128. The van der Waals surface area contributed by atoms with Crippen molar-refractivity contribution in [1.29, 1.82) is 0 Å². The summed E-state index contributed by atoms with van der Waals surface area (Å²) >= 11 is 0. The van der Waals surface area contributed by atoms with Gasteiger partial charge in [0.1, 0.15) is 17.1 Å². The van der Waals surface area contributed by atoms with E-state index in [0.29, 0.717) is 0 Å². The number of ether oxygens (including phenoxy) is 1. The van der Waals surface area contributed by atoms with Crippen LogP contribution < -0.4 is 4.74 Å². The minimum absolute atomic E-state index is 0.264. The van der Waals surface area contributed by atoms with Gasteiger partial charge in [0.15, 0.2) is 0 Å². The van der Waals surface area contributed by atoms with E-state index in [1.165, 1.54) is 5.57 Å². The van der Waals surface area contributed by atoms with Gasteiger partial charge in [-0.3, -0.25) is 0 Å². The van der Waals surface area contributed by atoms with Crippen LogP contribution in [0.2, 0.25) is 0 Å². The number of aromatic hydroxyl groups is 1. The molecule has 0 aliphatic carbocycles. The summed E-state index contributed by atoms with van der Waals surface area (Å²) in [6.07, 6.45) is 9.14. The molecular weight excluding hydrogens is 312 g/mol. The molecule has 3 heteroatoms. The molecular formula is C22H30O3. The van der Waals surface area contributed by atoms with Crippen LogP contribution in [0, 0.1) is 6.92 Å². The smallest absolute Gasteiger partial charge is 0.131 e. The van der Waals surface area contributed by atoms with Gasteiger partial charge in [-0.25, -0.2) is 0 Å². The monoisotopic (exact) mass is 342 g/mol. The second kappa shape index (κ2) is 7.92. The molecule has 2 rings (SSSR count). The van der Waals surface area contributed by atoms with Gasteiger partial charge < -0.3 is 14.9 Å². The average Bonchev–Trinajstić information content (AvgIpc) is 2.51. The van der Waals surface area contributed by atoms with E-state index < -0.39 is 6.10 Å². The number of phenolic OH excluding ortho intramolecular Hbond substituents is 1. The number of allylic oxidation sites excluding steroid dienone is 2. The van der Waals surface area contributed by atoms with Gasteiger partial charge in [0.05, 0.1) is 11.7 Å². The van der Waals surface area contributed by atoms with Crippen molar-refractivity contribution in [2.75, 3.05) is 0 Å². The van der Waals surface area contributed by atoms with Crippen LogP contribution in [-0.4, -0.2) is 21.9 Å². The largest absolute Gasteiger partial charge is 0.507 e. The van der Waals surface area contributed by atoms with Crippen molar-refractivity contribution in [1.82, 2.24) is 0 Å². The number of fused-ring (bicyclic) bond motifs is 1. The molecule has 0 spiro atoms. The number of aliphatic hydroxyl groups is 1. The number of aryl methyl sites for hydroxylation is 1. The maximum Gasteiger partial charge on any atom is 0.131 e. The molecule has 1 heterocycles. The summed E-state index contributed by atoms with van der Waals surface area (Å²) in [5.74, 6) is 1.01. The zero-order valence-electron chi connectivity index (χ0n) is 15.8. The molecule has 0 saturated heterocycles. The Balaban J connectivity index is 1.93. The molecule has 0 unspecified atom stereocenters. The highest BCUT2D eigenvalue weighted by molar-refractivity contribution is 5.67. The summed E-state index contributed by atoms with van der Waals surface area (Å²) in [6, 6.07) is 3.72. The van der Waals surface area contributed by atoms with E-state index in [4.69, 9.17) is 4.74 Å². The molecule has 0 fully saturated rings. The Morgan fingerprint density at radius 1 is 1.36 bits per heavy atom. The Morgan fingerprint density at radius 3 is 2.76 bits per heavy atom. The zero-order chi connectivity index (χ0) is 18.6. The molecule has 1 aromatic rings. The maximum atomic E-state index is 10.0. The van der Waals surface area contributed by atoms with Crippen LogP contribution in [0.4, 0.5) is 0 Å². The first-order valence-electron chi connectivity index (χ1n) is 8.91. The van der Waals surface area contributed by atoms with Crippen LogP contribution in [0.15, 0.2) is 42.0 Å². The third-order valence-electron chi connectivity index (χ3n) is 4.72. The van der Waals surface area contributed by atoms with Gasteiger partial charge in [-0.1, -0.05) is 23.8 Å². The number of rotatable bonds is 7. The van der Waals surface area contributed by atoms with Gasteiger partial charge in [0.2, 0.25) is 0 Å². The lowest BCUT2D eigenvalue weighted by atomic mass is 9.93. The third-order valence-corrected chi connectivity index (χ3v) is 4.72. The molecule has 1 aliphatic rings. The van der Waals surface area contributed by atoms with E-state index in [1.807, 2.05) is 32.1 Å². The van der Waals surface area contributed by atoms with Crippen LogP contribution in [0.25, 0.3) is 6.08 Å². The second-order valence-electron chi connectivity index (χ2n) is 7.43. The molecule has 0 amide bonds. The molecule has 136 valence electrons. The quantitative estimate of drug-likeness (QED) is 0.660. The maximum absolute atomic E-state index is 10.0. The first-order chi connectivity index (χ1) is 11.7. The molecule has 2 N–H and O–H groups in total. The summed E-state index contributed by atoms with van der Waals surface area (Å²) in [5, 5.41) is 19.8. The van der Waals surface area contributed by atoms with Crippen molar-refractivity contribution < 1.29 is 14.9 Å². The predicted octanol–water partition coefficient (Wildman–Crippen LogP) is 5.31. The van der Waals surface area contributed by atoms with Gasteiger partial charge in [0, 0.05) is 0 Å². The van der Waals surface area contributed by atoms with E-state index in [9.17, 15) is 10.2 Å². The van der Waals surface area contributed by atoms with Crippen LogP contribution in [0.1, 0.15) is 57.6 Å². The normalized spacial score (nSPS) is 20.8. The Bertz CT molecular complexity index is 699. The summed E-state index contributed by atoms with van der Waals surface area (Å²) in [4.78, 5) is 0. The van der Waals surface area contributed by atoms with E-state index in [1.54, 1.807) is 6.07 Å². The number of aliphatic hydroxyl groups excluding tert-OH is 1. The van der Waals surface area contributed by atoms with Crippen molar-refractivity contribution in [3.05, 3.63) is 53.1 Å². The lowest BCUT2D eigenvalue weighted by Crippen LogP contribution is -2.31. The van der Waals surface area contributed by atoms with Crippen molar-refractivity contribution in [3.8, 4) is 11.5 Å². The Kier molecular flexibility index (Phi) is 6.12. The van der Waals surface area contributed by atoms with E-state index in [2.05, 4.69) is 26.5 Å². The number of benzene rings is 1. The molecule has 0 aromatic heterocycles. The predicted molar refractivity (Wildman–Crippen MR) is 104 cm³/mol. The summed E-state index contributed by atoms with van der Waals surface area (Å²) in [7, 11) is 0. The first kappa shape index (κ1) is 19.3. The lowest BCUT2D eigenvalue weighted by Gasteiger charge is -2.32. The molecule has 2 atom stereocenters. The second-order valence-corrected chi connectivity index (χ2v) is 7.43. The van der Waals surface area contributed by atoms with Gasteiger partial charge in [0.25, 0.3) is 0 Å². The van der Waals surface area contributed by atoms with Gasteiger partial charge in [-0.2, -0.15) is 0 Å². The molecule has 0 radical (unpaired) electrons. The fourth-order valence-electron chi connectivity index (χ4n) is 2.99. The molecule has 25 heavy (non-hydrogen) atoms. The van der Waals surface area contributed by atoms with Crippen LogP contribution in [0.5, 0.6) is 11.5 Å². The Hall–Kier alpha value is -2.00. The summed E-state index contributed by atoms with van der Waals surface area (Å²) in [5.41, 5.74) is 3.46. The van der Waals surface area contributed by atoms with Crippen LogP contribution in [-0.2, 0) is 0 Å². The highest BCUT2D eigenvalue weighted by Crippen LogP contribution is 2.38. The number of hydrogen-bond donors (Lipinski definition) is 2. The SMILES string of the molecule is C=C(C)[C@H](O)CC/C(C)=C/CC[C@]1(C)C=Cc2c(O)cc(C)cc2O1.